The van der Waals surface area contributed by atoms with Gasteiger partial charge in [-0.3, -0.25) is 9.69 Å². The van der Waals surface area contributed by atoms with Crippen LogP contribution in [0.1, 0.15) is 24.4 Å². The lowest BCUT2D eigenvalue weighted by atomic mass is 9.93. The van der Waals surface area contributed by atoms with E-state index in [2.05, 4.69) is 4.90 Å². The highest BCUT2D eigenvalue weighted by molar-refractivity contribution is 5.87. The molecule has 1 saturated heterocycles. The van der Waals surface area contributed by atoms with Gasteiger partial charge in [-0.2, -0.15) is 0 Å². The summed E-state index contributed by atoms with van der Waals surface area (Å²) < 4.78 is 0. The molecule has 80 valence electrons. The maximum Gasteiger partial charge on any atom is 0.154 e. The first-order chi connectivity index (χ1) is 7.20. The van der Waals surface area contributed by atoms with Gasteiger partial charge in [0.25, 0.3) is 0 Å². The molecule has 3 nitrogen and oxygen atoms in total. The van der Waals surface area contributed by atoms with Gasteiger partial charge in [0, 0.05) is 12.1 Å². The van der Waals surface area contributed by atoms with Crippen molar-refractivity contribution in [3.05, 3.63) is 29.8 Å². The number of rotatable bonds is 1. The van der Waals surface area contributed by atoms with Gasteiger partial charge in [0.2, 0.25) is 0 Å². The van der Waals surface area contributed by atoms with E-state index < -0.39 is 0 Å². The van der Waals surface area contributed by atoms with Gasteiger partial charge in [-0.05, 0) is 31.6 Å². The zero-order valence-electron chi connectivity index (χ0n) is 8.94. The molecule has 0 saturated carbocycles. The Labute approximate surface area is 89.9 Å². The summed E-state index contributed by atoms with van der Waals surface area (Å²) in [4.78, 5) is 13.9. The topological polar surface area (TPSA) is 46.3 Å². The van der Waals surface area contributed by atoms with Crippen molar-refractivity contribution in [2.75, 3.05) is 19.3 Å². The Hall–Kier alpha value is -1.35. The Morgan fingerprint density at radius 3 is 2.80 bits per heavy atom. The molecule has 1 aliphatic heterocycles. The second-order valence-electron chi connectivity index (χ2n) is 4.08. The van der Waals surface area contributed by atoms with Crippen molar-refractivity contribution < 1.29 is 4.79 Å². The Morgan fingerprint density at radius 2 is 2.13 bits per heavy atom. The number of nitrogens with zero attached hydrogens (tertiary/aromatic N) is 1. The van der Waals surface area contributed by atoms with Crippen LogP contribution in [0.5, 0.6) is 0 Å². The largest absolute Gasteiger partial charge is 0.398 e. The minimum absolute atomic E-state index is 0.139. The van der Waals surface area contributed by atoms with E-state index in [1.54, 1.807) is 0 Å². The predicted octanol–water partition coefficient (Wildman–Crippen LogP) is 1.60. The molecule has 3 heteroatoms. The molecule has 1 atom stereocenters. The molecule has 1 heterocycles. The number of carbonyl (C=O) groups is 1. The van der Waals surface area contributed by atoms with E-state index in [0.29, 0.717) is 12.1 Å². The number of ketones is 1. The van der Waals surface area contributed by atoms with Gasteiger partial charge in [0.15, 0.2) is 5.78 Å². The molecule has 2 rings (SSSR count). The van der Waals surface area contributed by atoms with Crippen LogP contribution in [0, 0.1) is 0 Å². The monoisotopic (exact) mass is 204 g/mol. The van der Waals surface area contributed by atoms with E-state index in [4.69, 9.17) is 5.73 Å². The van der Waals surface area contributed by atoms with Crippen molar-refractivity contribution in [3.63, 3.8) is 0 Å². The number of piperidine rings is 1. The quantitative estimate of drug-likeness (QED) is 0.707. The highest BCUT2D eigenvalue weighted by atomic mass is 16.1. The van der Waals surface area contributed by atoms with E-state index in [1.807, 2.05) is 31.3 Å². The number of likely N-dealkylation sites (N-methyl/N-ethyl adjacent to an activating group) is 1. The fourth-order valence-electron chi connectivity index (χ4n) is 2.19. The molecule has 0 aliphatic carbocycles. The summed E-state index contributed by atoms with van der Waals surface area (Å²) in [6, 6.07) is 7.48. The lowest BCUT2D eigenvalue weighted by Crippen LogP contribution is -2.36. The van der Waals surface area contributed by atoms with Crippen molar-refractivity contribution in [3.8, 4) is 0 Å². The molecule has 1 unspecified atom stereocenters. The number of nitrogen functional groups attached to an aromatic ring is 1. The number of hydrogen-bond acceptors (Lipinski definition) is 3. The third-order valence-electron chi connectivity index (χ3n) is 2.97. The van der Waals surface area contributed by atoms with E-state index in [1.165, 1.54) is 0 Å². The number of anilines is 1. The van der Waals surface area contributed by atoms with Crippen LogP contribution in [0.15, 0.2) is 24.3 Å². The number of para-hydroxylation sites is 1. The Balaban J connectivity index is 2.36. The fourth-order valence-corrected chi connectivity index (χ4v) is 2.19. The Kier molecular flexibility index (Phi) is 2.73. The van der Waals surface area contributed by atoms with E-state index in [0.717, 1.165) is 18.5 Å². The van der Waals surface area contributed by atoms with Crippen LogP contribution >= 0.6 is 0 Å². The first-order valence-corrected chi connectivity index (χ1v) is 5.27. The summed E-state index contributed by atoms with van der Waals surface area (Å²) >= 11 is 0. The van der Waals surface area contributed by atoms with Gasteiger partial charge >= 0.3 is 0 Å². The molecule has 0 spiro atoms. The van der Waals surface area contributed by atoms with E-state index >= 15 is 0 Å². The fraction of sp³-hybridized carbons (Fsp3) is 0.417. The molecule has 0 bridgehead atoms. The average molecular weight is 204 g/mol. The van der Waals surface area contributed by atoms with Crippen LogP contribution < -0.4 is 5.73 Å². The van der Waals surface area contributed by atoms with Crippen LogP contribution in [-0.2, 0) is 4.79 Å². The van der Waals surface area contributed by atoms with Gasteiger partial charge in [-0.25, -0.2) is 0 Å². The Morgan fingerprint density at radius 1 is 1.40 bits per heavy atom. The maximum atomic E-state index is 11.9. The van der Waals surface area contributed by atoms with Gasteiger partial charge < -0.3 is 5.73 Å². The van der Waals surface area contributed by atoms with Gasteiger partial charge in [0.1, 0.15) is 0 Å². The summed E-state index contributed by atoms with van der Waals surface area (Å²) in [6.07, 6.45) is 1.63. The number of likely N-dealkylation sites (tertiary alicyclic amines) is 1. The molecule has 0 amide bonds. The van der Waals surface area contributed by atoms with Crippen LogP contribution in [0.4, 0.5) is 5.69 Å². The molecule has 1 aromatic carbocycles. The first kappa shape index (κ1) is 10.2. The van der Waals surface area contributed by atoms with Crippen molar-refractivity contribution >= 4 is 11.5 Å². The lowest BCUT2D eigenvalue weighted by Gasteiger charge is -2.32. The third-order valence-corrected chi connectivity index (χ3v) is 2.97. The van der Waals surface area contributed by atoms with Gasteiger partial charge in [-0.15, -0.1) is 0 Å². The van der Waals surface area contributed by atoms with Crippen LogP contribution in [-0.4, -0.2) is 24.3 Å². The molecular formula is C12H16N2O. The highest BCUT2D eigenvalue weighted by Crippen LogP contribution is 2.29. The molecule has 1 fully saturated rings. The SMILES string of the molecule is CN1CCCC(=O)C1c1ccccc1N. The predicted molar refractivity (Wildman–Crippen MR) is 60.5 cm³/mol. The first-order valence-electron chi connectivity index (χ1n) is 5.27. The van der Waals surface area contributed by atoms with E-state index in [-0.39, 0.29) is 11.8 Å². The summed E-state index contributed by atoms with van der Waals surface area (Å²) in [5.74, 6) is 0.279. The van der Waals surface area contributed by atoms with Crippen molar-refractivity contribution in [2.24, 2.45) is 0 Å². The number of Topliss-reactive ketones (excluding diaryl/α,β-unsaturated/α-hetero) is 1. The molecule has 2 N–H and O–H groups in total. The molecule has 0 aromatic heterocycles. The van der Waals surface area contributed by atoms with E-state index in [9.17, 15) is 4.79 Å². The van der Waals surface area contributed by atoms with Crippen LogP contribution in [0.2, 0.25) is 0 Å². The second-order valence-corrected chi connectivity index (χ2v) is 4.08. The summed E-state index contributed by atoms with van der Waals surface area (Å²) in [5.41, 5.74) is 7.56. The summed E-state index contributed by atoms with van der Waals surface area (Å²) in [7, 11) is 1.98. The van der Waals surface area contributed by atoms with Gasteiger partial charge in [0.05, 0.1) is 6.04 Å². The van der Waals surface area contributed by atoms with Gasteiger partial charge in [-0.1, -0.05) is 18.2 Å². The molecule has 1 aromatic rings. The van der Waals surface area contributed by atoms with Crippen molar-refractivity contribution in [2.45, 2.75) is 18.9 Å². The van der Waals surface area contributed by atoms with Crippen molar-refractivity contribution in [1.82, 2.24) is 4.90 Å². The highest BCUT2D eigenvalue weighted by Gasteiger charge is 2.29. The molecule has 0 radical (unpaired) electrons. The smallest absolute Gasteiger partial charge is 0.154 e. The maximum absolute atomic E-state index is 11.9. The van der Waals surface area contributed by atoms with Crippen molar-refractivity contribution in [1.29, 1.82) is 0 Å². The second kappa shape index (κ2) is 4.03. The average Bonchev–Trinajstić information content (AvgIpc) is 2.20. The number of nitrogens with two attached hydrogens (primary N) is 1. The number of carbonyl (C=O) groups excluding carboxylic acids is 1. The summed E-state index contributed by atoms with van der Waals surface area (Å²) in [5, 5.41) is 0. The zero-order valence-corrected chi connectivity index (χ0v) is 8.94. The third kappa shape index (κ3) is 1.88. The molecule has 1 aliphatic rings. The minimum Gasteiger partial charge on any atom is -0.398 e. The number of benzene rings is 1. The molecule has 15 heavy (non-hydrogen) atoms. The normalized spacial score (nSPS) is 23.0. The standard InChI is InChI=1S/C12H16N2O/c1-14-8-4-7-11(15)12(14)9-5-2-3-6-10(9)13/h2-3,5-6,12H,4,7-8,13H2,1H3. The van der Waals surface area contributed by atoms with Crippen LogP contribution in [0.3, 0.4) is 0 Å². The summed E-state index contributed by atoms with van der Waals surface area (Å²) in [6.45, 7) is 0.963. The number of hydrogen-bond donors (Lipinski definition) is 1. The minimum atomic E-state index is -0.139. The Bertz CT molecular complexity index is 376. The van der Waals surface area contributed by atoms with Crippen LogP contribution in [0.25, 0.3) is 0 Å². The molecular weight excluding hydrogens is 188 g/mol. The zero-order chi connectivity index (χ0) is 10.8. The lowest BCUT2D eigenvalue weighted by molar-refractivity contribution is -0.126.